The van der Waals surface area contributed by atoms with E-state index in [1.54, 1.807) is 4.57 Å². The van der Waals surface area contributed by atoms with E-state index in [1.165, 1.54) is 0 Å². The predicted molar refractivity (Wildman–Crippen MR) is 148 cm³/mol. The van der Waals surface area contributed by atoms with Gasteiger partial charge in [0.2, 0.25) is 11.9 Å². The van der Waals surface area contributed by atoms with Gasteiger partial charge in [-0.1, -0.05) is 19.9 Å². The van der Waals surface area contributed by atoms with E-state index < -0.39 is 0 Å². The first-order chi connectivity index (χ1) is 17.7. The van der Waals surface area contributed by atoms with Crippen LogP contribution >= 0.6 is 0 Å². The van der Waals surface area contributed by atoms with E-state index in [0.717, 1.165) is 71.0 Å². The second kappa shape index (κ2) is 8.69. The summed E-state index contributed by atoms with van der Waals surface area (Å²) in [6.45, 7) is 12.8. The van der Waals surface area contributed by atoms with Gasteiger partial charge in [0.25, 0.3) is 5.56 Å². The minimum Gasteiger partial charge on any atom is -0.360 e. The lowest BCUT2D eigenvalue weighted by Crippen LogP contribution is -2.45. The smallest absolute Gasteiger partial charge is 0.259 e. The molecule has 2 aliphatic heterocycles. The molecule has 1 fully saturated rings. The Labute approximate surface area is 216 Å². The number of fused-ring (bicyclic) bond motifs is 2. The Hall–Kier alpha value is -3.72. The average molecular weight is 499 g/mol. The summed E-state index contributed by atoms with van der Waals surface area (Å²) >= 11 is 0. The minimum atomic E-state index is -0.213. The van der Waals surface area contributed by atoms with E-state index in [2.05, 4.69) is 83.0 Å². The molecule has 0 spiro atoms. The Morgan fingerprint density at radius 3 is 2.46 bits per heavy atom. The maximum atomic E-state index is 13.6. The maximum Gasteiger partial charge on any atom is 0.259 e. The zero-order valence-electron chi connectivity index (χ0n) is 22.2. The standard InChI is InChI=1S/C28H34N8O/c1-17(2)23-24(32-27-33-28(3,4)16-36(27)25(23)37)21-15-29-22-7-6-18(12-20(21)22)19-13-30-26(31-14-19)35-10-8-34(5)9-11-35/h6-7,12-15,17,29H,8-11,16H2,1-5H3,(H,32,33). The molecule has 3 aromatic heterocycles. The van der Waals surface area contributed by atoms with Crippen LogP contribution in [0.2, 0.25) is 0 Å². The molecule has 9 heteroatoms. The summed E-state index contributed by atoms with van der Waals surface area (Å²) in [5.74, 6) is 1.45. The highest BCUT2D eigenvalue weighted by molar-refractivity contribution is 5.98. The van der Waals surface area contributed by atoms with Crippen molar-refractivity contribution in [3.05, 3.63) is 52.7 Å². The van der Waals surface area contributed by atoms with Crippen LogP contribution in [0.25, 0.3) is 33.3 Å². The number of aromatic nitrogens is 5. The zero-order valence-corrected chi connectivity index (χ0v) is 22.2. The quantitative estimate of drug-likeness (QED) is 0.440. The second-order valence-electron chi connectivity index (χ2n) is 11.3. The summed E-state index contributed by atoms with van der Waals surface area (Å²) in [5, 5.41) is 4.45. The summed E-state index contributed by atoms with van der Waals surface area (Å²) in [7, 11) is 2.14. The van der Waals surface area contributed by atoms with Crippen molar-refractivity contribution in [1.29, 1.82) is 0 Å². The number of nitrogens with zero attached hydrogens (tertiary/aromatic N) is 6. The monoisotopic (exact) mass is 498 g/mol. The highest BCUT2D eigenvalue weighted by atomic mass is 16.1. The number of hydrogen-bond donors (Lipinski definition) is 2. The molecule has 192 valence electrons. The lowest BCUT2D eigenvalue weighted by Gasteiger charge is -2.32. The highest BCUT2D eigenvalue weighted by Gasteiger charge is 2.32. The Kier molecular flexibility index (Phi) is 5.56. The Bertz CT molecular complexity index is 1520. The molecule has 0 radical (unpaired) electrons. The van der Waals surface area contributed by atoms with Crippen LogP contribution in [-0.2, 0) is 6.54 Å². The van der Waals surface area contributed by atoms with Crippen molar-refractivity contribution in [3.8, 4) is 22.4 Å². The third kappa shape index (κ3) is 4.17. The molecule has 1 aromatic carbocycles. The van der Waals surface area contributed by atoms with Crippen molar-refractivity contribution in [2.75, 3.05) is 43.4 Å². The number of piperazine rings is 1. The van der Waals surface area contributed by atoms with E-state index in [4.69, 9.17) is 4.98 Å². The van der Waals surface area contributed by atoms with E-state index in [-0.39, 0.29) is 17.0 Å². The molecule has 4 aromatic rings. The van der Waals surface area contributed by atoms with Crippen molar-refractivity contribution >= 4 is 22.8 Å². The fourth-order valence-corrected chi connectivity index (χ4v) is 5.41. The molecule has 6 rings (SSSR count). The van der Waals surface area contributed by atoms with Gasteiger partial charge in [-0.05, 0) is 44.5 Å². The first-order valence-corrected chi connectivity index (χ1v) is 13.0. The summed E-state index contributed by atoms with van der Waals surface area (Å²) in [5.41, 5.74) is 5.22. The van der Waals surface area contributed by atoms with Crippen molar-refractivity contribution in [1.82, 2.24) is 29.4 Å². The molecule has 0 amide bonds. The number of benzene rings is 1. The third-order valence-electron chi connectivity index (χ3n) is 7.48. The summed E-state index contributed by atoms with van der Waals surface area (Å²) in [6, 6.07) is 6.29. The molecule has 0 bridgehead atoms. The van der Waals surface area contributed by atoms with Gasteiger partial charge in [-0.25, -0.2) is 15.0 Å². The molecule has 2 aliphatic rings. The van der Waals surface area contributed by atoms with Crippen LogP contribution in [0.15, 0.2) is 41.6 Å². The van der Waals surface area contributed by atoms with Crippen LogP contribution in [0.5, 0.6) is 0 Å². The normalized spacial score (nSPS) is 17.4. The van der Waals surface area contributed by atoms with Crippen LogP contribution in [0, 0.1) is 0 Å². The minimum absolute atomic E-state index is 0.0338. The number of likely N-dealkylation sites (N-methyl/N-ethyl adjacent to an activating group) is 1. The highest BCUT2D eigenvalue weighted by Crippen LogP contribution is 2.36. The van der Waals surface area contributed by atoms with E-state index >= 15 is 0 Å². The fourth-order valence-electron chi connectivity index (χ4n) is 5.41. The van der Waals surface area contributed by atoms with Crippen LogP contribution in [0.3, 0.4) is 0 Å². The average Bonchev–Trinajstić information content (AvgIpc) is 3.43. The summed E-state index contributed by atoms with van der Waals surface area (Å²) < 4.78 is 1.78. The molecular formula is C28H34N8O. The summed E-state index contributed by atoms with van der Waals surface area (Å²) in [4.78, 5) is 35.8. The molecule has 0 atom stereocenters. The SMILES string of the molecule is CC(C)c1c(-c2c[nH]c3ccc(-c4cnc(N5CCN(C)CC5)nc4)cc23)nc2n(c1=O)CC(C)(C)N2. The lowest BCUT2D eigenvalue weighted by molar-refractivity contribution is 0.311. The summed E-state index contributed by atoms with van der Waals surface area (Å²) in [6.07, 6.45) is 5.77. The molecule has 0 unspecified atom stereocenters. The van der Waals surface area contributed by atoms with Crippen molar-refractivity contribution in [2.45, 2.75) is 45.7 Å². The van der Waals surface area contributed by atoms with E-state index in [9.17, 15) is 4.79 Å². The van der Waals surface area contributed by atoms with Gasteiger partial charge in [0, 0.05) is 72.4 Å². The Balaban J connectivity index is 1.40. The van der Waals surface area contributed by atoms with E-state index in [0.29, 0.717) is 12.5 Å². The van der Waals surface area contributed by atoms with Gasteiger partial charge >= 0.3 is 0 Å². The van der Waals surface area contributed by atoms with Gasteiger partial charge in [0.1, 0.15) is 0 Å². The topological polar surface area (TPSA) is 95.0 Å². The second-order valence-corrected chi connectivity index (χ2v) is 11.3. The number of aromatic amines is 1. The molecule has 0 aliphatic carbocycles. The van der Waals surface area contributed by atoms with Gasteiger partial charge in [-0.15, -0.1) is 0 Å². The van der Waals surface area contributed by atoms with Gasteiger partial charge in [0.15, 0.2) is 0 Å². The Morgan fingerprint density at radius 1 is 1.03 bits per heavy atom. The largest absolute Gasteiger partial charge is 0.360 e. The van der Waals surface area contributed by atoms with Crippen molar-refractivity contribution < 1.29 is 0 Å². The van der Waals surface area contributed by atoms with Gasteiger partial charge in [-0.3, -0.25) is 9.36 Å². The fraction of sp³-hybridized carbons (Fsp3) is 0.429. The number of anilines is 2. The van der Waals surface area contributed by atoms with Crippen molar-refractivity contribution in [2.24, 2.45) is 0 Å². The third-order valence-corrected chi connectivity index (χ3v) is 7.48. The molecule has 2 N–H and O–H groups in total. The Morgan fingerprint density at radius 2 is 1.76 bits per heavy atom. The number of H-pyrrole nitrogens is 1. The van der Waals surface area contributed by atoms with Crippen LogP contribution in [-0.4, -0.2) is 68.2 Å². The van der Waals surface area contributed by atoms with Gasteiger partial charge in [-0.2, -0.15) is 0 Å². The molecule has 37 heavy (non-hydrogen) atoms. The van der Waals surface area contributed by atoms with Crippen LogP contribution < -0.4 is 15.8 Å². The zero-order chi connectivity index (χ0) is 25.9. The molecule has 5 heterocycles. The van der Waals surface area contributed by atoms with Gasteiger partial charge < -0.3 is 20.1 Å². The molecular weight excluding hydrogens is 464 g/mol. The van der Waals surface area contributed by atoms with Crippen LogP contribution in [0.1, 0.15) is 39.2 Å². The van der Waals surface area contributed by atoms with Gasteiger partial charge in [0.05, 0.1) is 17.8 Å². The predicted octanol–water partition coefficient (Wildman–Crippen LogP) is 3.93. The number of nitrogens with one attached hydrogen (secondary N) is 2. The maximum absolute atomic E-state index is 13.6. The molecule has 1 saturated heterocycles. The molecule has 0 saturated carbocycles. The van der Waals surface area contributed by atoms with E-state index in [1.807, 2.05) is 18.6 Å². The lowest BCUT2D eigenvalue weighted by atomic mass is 9.96. The first-order valence-electron chi connectivity index (χ1n) is 13.0. The van der Waals surface area contributed by atoms with Crippen molar-refractivity contribution in [3.63, 3.8) is 0 Å². The number of rotatable bonds is 4. The first kappa shape index (κ1) is 23.7. The molecule has 9 nitrogen and oxygen atoms in total. The number of hydrogen-bond acceptors (Lipinski definition) is 7. The van der Waals surface area contributed by atoms with Crippen LogP contribution in [0.4, 0.5) is 11.9 Å².